The second-order valence-corrected chi connectivity index (χ2v) is 5.11. The molecule has 1 aliphatic rings. The molecule has 0 spiro atoms. The molecule has 1 rings (SSSR count). The van der Waals surface area contributed by atoms with E-state index in [1.165, 1.54) is 6.92 Å². The lowest BCUT2D eigenvalue weighted by Gasteiger charge is -2.39. The summed E-state index contributed by atoms with van der Waals surface area (Å²) in [5.41, 5.74) is 0. The Hall–Kier alpha value is -1.58. The van der Waals surface area contributed by atoms with Crippen LogP contribution in [0.25, 0.3) is 0 Å². The molecule has 0 aromatic carbocycles. The number of ketones is 1. The van der Waals surface area contributed by atoms with Gasteiger partial charge in [0, 0.05) is 13.3 Å². The number of hydrogen-bond donors (Lipinski definition) is 3. The van der Waals surface area contributed by atoms with Crippen molar-refractivity contribution in [2.45, 2.75) is 57.4 Å². The van der Waals surface area contributed by atoms with E-state index in [0.717, 1.165) is 6.92 Å². The highest BCUT2D eigenvalue weighted by Crippen LogP contribution is 2.23. The number of ether oxygens (including phenoxy) is 2. The van der Waals surface area contributed by atoms with Crippen molar-refractivity contribution in [1.82, 2.24) is 5.32 Å². The normalized spacial score (nSPS) is 31.4. The maximum absolute atomic E-state index is 14.0. The molecule has 1 heterocycles. The van der Waals surface area contributed by atoms with Crippen molar-refractivity contribution >= 4 is 17.7 Å². The summed E-state index contributed by atoms with van der Waals surface area (Å²) in [5, 5.41) is 21.6. The Bertz CT molecular complexity index is 431. The summed E-state index contributed by atoms with van der Waals surface area (Å²) in [6.45, 7) is 1.96. The average Bonchev–Trinajstić information content (AvgIpc) is 2.43. The van der Waals surface area contributed by atoms with Gasteiger partial charge in [0.25, 0.3) is 0 Å². The number of amides is 1. The summed E-state index contributed by atoms with van der Waals surface area (Å²) in [5.74, 6) is -1.45. The highest BCUT2D eigenvalue weighted by molar-refractivity contribution is 5.80. The van der Waals surface area contributed by atoms with Gasteiger partial charge >= 0.3 is 5.97 Å². The summed E-state index contributed by atoms with van der Waals surface area (Å²) in [7, 11) is 0. The number of carbonyl (C=O) groups excluding carboxylic acids is 3. The zero-order valence-corrected chi connectivity index (χ0v) is 12.3. The van der Waals surface area contributed by atoms with Crippen molar-refractivity contribution < 1.29 is 38.5 Å². The third-order valence-electron chi connectivity index (χ3n) is 3.13. The maximum Gasteiger partial charge on any atom is 0.306 e. The van der Waals surface area contributed by atoms with Gasteiger partial charge in [0.1, 0.15) is 30.6 Å². The van der Waals surface area contributed by atoms with Crippen LogP contribution in [0.5, 0.6) is 0 Å². The van der Waals surface area contributed by atoms with E-state index in [2.05, 4.69) is 5.32 Å². The molecule has 0 aromatic heterocycles. The summed E-state index contributed by atoms with van der Waals surface area (Å²) in [6.07, 6.45) is -6.78. The molecule has 126 valence electrons. The van der Waals surface area contributed by atoms with Gasteiger partial charge in [-0.25, -0.2) is 4.39 Å². The fourth-order valence-corrected chi connectivity index (χ4v) is 1.97. The van der Waals surface area contributed by atoms with Crippen LogP contribution in [-0.2, 0) is 23.9 Å². The first kappa shape index (κ1) is 18.5. The number of rotatable bonds is 6. The van der Waals surface area contributed by atoms with Gasteiger partial charge in [0.15, 0.2) is 12.5 Å². The van der Waals surface area contributed by atoms with Crippen LogP contribution in [0.3, 0.4) is 0 Å². The Morgan fingerprint density at radius 3 is 2.41 bits per heavy atom. The van der Waals surface area contributed by atoms with E-state index < -0.39 is 49.2 Å². The molecule has 1 amide bonds. The first-order valence-corrected chi connectivity index (χ1v) is 6.80. The molecular formula is C13H20FNO7. The van der Waals surface area contributed by atoms with Gasteiger partial charge in [-0.2, -0.15) is 0 Å². The number of esters is 1. The largest absolute Gasteiger partial charge is 0.463 e. The number of Topliss-reactive ketones (excluding diaryl/α,β-unsaturated/α-hetero) is 1. The van der Waals surface area contributed by atoms with E-state index in [4.69, 9.17) is 9.47 Å². The minimum Gasteiger partial charge on any atom is -0.463 e. The van der Waals surface area contributed by atoms with Gasteiger partial charge in [-0.1, -0.05) is 0 Å². The molecular weight excluding hydrogens is 301 g/mol. The van der Waals surface area contributed by atoms with Crippen molar-refractivity contribution in [1.29, 1.82) is 0 Å². The van der Waals surface area contributed by atoms with Gasteiger partial charge < -0.3 is 29.8 Å². The van der Waals surface area contributed by atoms with Crippen LogP contribution in [0.1, 0.15) is 26.7 Å². The second-order valence-electron chi connectivity index (χ2n) is 5.11. The topological polar surface area (TPSA) is 122 Å². The van der Waals surface area contributed by atoms with E-state index >= 15 is 0 Å². The van der Waals surface area contributed by atoms with E-state index in [1.54, 1.807) is 0 Å². The number of aliphatic hydroxyl groups is 2. The van der Waals surface area contributed by atoms with Gasteiger partial charge in [0.05, 0.1) is 6.42 Å². The van der Waals surface area contributed by atoms with Gasteiger partial charge in [-0.15, -0.1) is 0 Å². The molecule has 22 heavy (non-hydrogen) atoms. The first-order chi connectivity index (χ1) is 10.2. The number of carbonyl (C=O) groups is 3. The molecule has 0 radical (unpaired) electrons. The zero-order valence-electron chi connectivity index (χ0n) is 12.3. The molecule has 0 bridgehead atoms. The second kappa shape index (κ2) is 8.16. The molecule has 5 atom stereocenters. The van der Waals surface area contributed by atoms with Crippen molar-refractivity contribution in [2.75, 3.05) is 6.61 Å². The van der Waals surface area contributed by atoms with E-state index in [-0.39, 0.29) is 18.6 Å². The molecule has 1 aliphatic heterocycles. The monoisotopic (exact) mass is 321 g/mol. The minimum atomic E-state index is -1.96. The van der Waals surface area contributed by atoms with Crippen molar-refractivity contribution in [2.24, 2.45) is 0 Å². The Kier molecular flexibility index (Phi) is 6.85. The predicted molar refractivity (Wildman–Crippen MR) is 70.3 cm³/mol. The minimum absolute atomic E-state index is 0.0132. The number of hydrogen-bond acceptors (Lipinski definition) is 7. The maximum atomic E-state index is 14.0. The lowest BCUT2D eigenvalue weighted by atomic mass is 9.98. The molecule has 8 nitrogen and oxygen atoms in total. The predicted octanol–water partition coefficient (Wildman–Crippen LogP) is -1.18. The number of alkyl halides is 1. The highest BCUT2D eigenvalue weighted by Gasteiger charge is 2.45. The van der Waals surface area contributed by atoms with Crippen molar-refractivity contribution in [3.8, 4) is 0 Å². The number of halogens is 1. The quantitative estimate of drug-likeness (QED) is 0.526. The van der Waals surface area contributed by atoms with Gasteiger partial charge in [0.2, 0.25) is 5.91 Å². The molecule has 9 heteroatoms. The van der Waals surface area contributed by atoms with Crippen LogP contribution in [0.2, 0.25) is 0 Å². The Morgan fingerprint density at radius 2 is 1.86 bits per heavy atom. The van der Waals surface area contributed by atoms with Gasteiger partial charge in [-0.3, -0.25) is 9.59 Å². The van der Waals surface area contributed by atoms with E-state index in [1.807, 2.05) is 0 Å². The summed E-state index contributed by atoms with van der Waals surface area (Å²) in [6, 6.07) is -1.31. The lowest BCUT2D eigenvalue weighted by molar-refractivity contribution is -0.242. The third-order valence-corrected chi connectivity index (χ3v) is 3.13. The molecule has 1 unspecified atom stereocenters. The highest BCUT2D eigenvalue weighted by atomic mass is 19.1. The van der Waals surface area contributed by atoms with Crippen LogP contribution in [-0.4, -0.2) is 65.2 Å². The van der Waals surface area contributed by atoms with E-state index in [9.17, 15) is 29.0 Å². The van der Waals surface area contributed by atoms with Crippen LogP contribution in [0.15, 0.2) is 0 Å². The fourth-order valence-electron chi connectivity index (χ4n) is 1.97. The Balaban J connectivity index is 2.51. The lowest BCUT2D eigenvalue weighted by Crippen LogP contribution is -2.62. The smallest absolute Gasteiger partial charge is 0.306 e. The third kappa shape index (κ3) is 5.32. The molecule has 3 N–H and O–H groups in total. The summed E-state index contributed by atoms with van der Waals surface area (Å²) >= 11 is 0. The van der Waals surface area contributed by atoms with Crippen LogP contribution in [0.4, 0.5) is 4.39 Å². The number of nitrogens with one attached hydrogen (secondary N) is 1. The fraction of sp³-hybridized carbons (Fsp3) is 0.769. The molecule has 1 fully saturated rings. The van der Waals surface area contributed by atoms with Crippen LogP contribution >= 0.6 is 0 Å². The Labute approximate surface area is 126 Å². The number of aliphatic hydroxyl groups excluding tert-OH is 2. The molecule has 0 aromatic rings. The summed E-state index contributed by atoms with van der Waals surface area (Å²) < 4.78 is 23.7. The average molecular weight is 321 g/mol. The summed E-state index contributed by atoms with van der Waals surface area (Å²) in [4.78, 5) is 33.0. The molecule has 1 saturated heterocycles. The van der Waals surface area contributed by atoms with E-state index in [0.29, 0.717) is 0 Å². The molecule has 0 aliphatic carbocycles. The SMILES string of the molecule is CC(=O)CCC(=O)OC[C@H]1OC(O)[C@H](NC(C)=O)[C@@H](O)[C@@H]1F. The van der Waals surface area contributed by atoms with Crippen molar-refractivity contribution in [3.05, 3.63) is 0 Å². The standard InChI is InChI=1S/C13H20FNO7/c1-6(16)3-4-9(18)21-5-8-10(14)12(19)11(13(20)22-8)15-7(2)17/h8,10-13,19-20H,3-5H2,1-2H3,(H,15,17)/t8-,10-,11-,12+,13?/m1/s1. The molecule has 0 saturated carbocycles. The van der Waals surface area contributed by atoms with Gasteiger partial charge in [-0.05, 0) is 6.92 Å². The Morgan fingerprint density at radius 1 is 1.23 bits per heavy atom. The zero-order chi connectivity index (χ0) is 16.9. The van der Waals surface area contributed by atoms with Crippen molar-refractivity contribution in [3.63, 3.8) is 0 Å². The van der Waals surface area contributed by atoms with Crippen LogP contribution in [0, 0.1) is 0 Å². The first-order valence-electron chi connectivity index (χ1n) is 6.80. The van der Waals surface area contributed by atoms with Crippen LogP contribution < -0.4 is 5.32 Å².